The van der Waals surface area contributed by atoms with Crippen LogP contribution >= 0.6 is 35.8 Å². The maximum Gasteiger partial charge on any atom is 0.222 e. The minimum atomic E-state index is 0.231. The van der Waals surface area contributed by atoms with Crippen LogP contribution in [0.1, 0.15) is 12.0 Å². The van der Waals surface area contributed by atoms with E-state index >= 15 is 0 Å². The number of rotatable bonds is 4. The summed E-state index contributed by atoms with van der Waals surface area (Å²) >= 11 is 16.1. The quantitative estimate of drug-likeness (QED) is 0.846. The number of hydrogen-bond acceptors (Lipinski definition) is 2. The Morgan fingerprint density at radius 2 is 2.11 bits per heavy atom. The lowest BCUT2D eigenvalue weighted by molar-refractivity contribution is -0.127. The summed E-state index contributed by atoms with van der Waals surface area (Å²) in [7, 11) is 0. The van der Waals surface area contributed by atoms with Gasteiger partial charge in [0, 0.05) is 19.5 Å². The van der Waals surface area contributed by atoms with Gasteiger partial charge in [-0.15, -0.1) is 0 Å². The third kappa shape index (κ3) is 3.34. The Morgan fingerprint density at radius 1 is 1.33 bits per heavy atom. The van der Waals surface area contributed by atoms with Crippen molar-refractivity contribution in [1.82, 2.24) is 4.90 Å². The number of benzene rings is 1. The van der Waals surface area contributed by atoms with Crippen LogP contribution in [0, 0.1) is 5.92 Å². The number of hydrogen-bond donors (Lipinski definition) is 1. The van der Waals surface area contributed by atoms with Crippen molar-refractivity contribution in [1.29, 1.82) is 0 Å². The van der Waals surface area contributed by atoms with E-state index in [1.165, 1.54) is 0 Å². The fraction of sp³-hybridized carbons (Fsp3) is 0.462. The highest BCUT2D eigenvalue weighted by Gasteiger charge is 2.27. The van der Waals surface area contributed by atoms with Gasteiger partial charge >= 0.3 is 0 Å². The van der Waals surface area contributed by atoms with Crippen LogP contribution in [-0.4, -0.2) is 29.6 Å². The van der Waals surface area contributed by atoms with Gasteiger partial charge in [0.25, 0.3) is 0 Å². The molecular formula is C13H15Cl2NOS. The van der Waals surface area contributed by atoms with Crippen molar-refractivity contribution in [2.45, 2.75) is 12.8 Å². The summed E-state index contributed by atoms with van der Waals surface area (Å²) in [6, 6.07) is 5.60. The van der Waals surface area contributed by atoms with E-state index in [-0.39, 0.29) is 5.91 Å². The van der Waals surface area contributed by atoms with Crippen molar-refractivity contribution >= 4 is 41.7 Å². The molecule has 0 aliphatic carbocycles. The van der Waals surface area contributed by atoms with Crippen LogP contribution in [0.4, 0.5) is 0 Å². The number of likely N-dealkylation sites (tertiary alicyclic amines) is 1. The Bertz CT molecular complexity index is 453. The van der Waals surface area contributed by atoms with Crippen molar-refractivity contribution in [3.8, 4) is 0 Å². The zero-order valence-electron chi connectivity index (χ0n) is 9.90. The van der Waals surface area contributed by atoms with E-state index in [0.717, 1.165) is 30.8 Å². The first kappa shape index (κ1) is 14.0. The molecule has 1 amide bonds. The van der Waals surface area contributed by atoms with E-state index < -0.39 is 0 Å². The van der Waals surface area contributed by atoms with Gasteiger partial charge in [-0.3, -0.25) is 4.79 Å². The lowest BCUT2D eigenvalue weighted by Gasteiger charge is -2.16. The summed E-state index contributed by atoms with van der Waals surface area (Å²) in [5.74, 6) is 1.40. The molecule has 1 aliphatic rings. The van der Waals surface area contributed by atoms with Gasteiger partial charge in [-0.05, 0) is 35.8 Å². The highest BCUT2D eigenvalue weighted by atomic mass is 35.5. The number of amides is 1. The maximum atomic E-state index is 11.7. The van der Waals surface area contributed by atoms with E-state index in [4.69, 9.17) is 23.2 Å². The Kier molecular flexibility index (Phi) is 4.82. The molecule has 0 N–H and O–H groups in total. The molecule has 1 atom stereocenters. The third-order valence-electron chi connectivity index (χ3n) is 3.21. The zero-order chi connectivity index (χ0) is 13.1. The van der Waals surface area contributed by atoms with Gasteiger partial charge in [-0.25, -0.2) is 0 Å². The SMILES string of the molecule is O=C1CC(CS)CN1CCc1ccc(Cl)c(Cl)c1. The van der Waals surface area contributed by atoms with Crippen LogP contribution in [0.3, 0.4) is 0 Å². The highest BCUT2D eigenvalue weighted by molar-refractivity contribution is 7.80. The van der Waals surface area contributed by atoms with E-state index in [9.17, 15) is 4.79 Å². The van der Waals surface area contributed by atoms with E-state index in [2.05, 4.69) is 12.6 Å². The normalized spacial score (nSPS) is 19.6. The summed E-state index contributed by atoms with van der Waals surface area (Å²) < 4.78 is 0. The Hall–Kier alpha value is -0.380. The van der Waals surface area contributed by atoms with E-state index in [1.54, 1.807) is 6.07 Å². The molecule has 1 unspecified atom stereocenters. The molecule has 1 aromatic rings. The molecule has 18 heavy (non-hydrogen) atoms. The second-order valence-corrected chi connectivity index (χ2v) is 5.77. The molecule has 1 aliphatic heterocycles. The van der Waals surface area contributed by atoms with Gasteiger partial charge in [-0.1, -0.05) is 29.3 Å². The third-order valence-corrected chi connectivity index (χ3v) is 4.46. The largest absolute Gasteiger partial charge is 0.342 e. The first-order valence-electron chi connectivity index (χ1n) is 5.92. The smallest absolute Gasteiger partial charge is 0.222 e. The number of carbonyl (C=O) groups excluding carboxylic acids is 1. The van der Waals surface area contributed by atoms with Crippen LogP contribution in [0.2, 0.25) is 10.0 Å². The number of halogens is 2. The molecule has 0 aromatic heterocycles. The van der Waals surface area contributed by atoms with Gasteiger partial charge in [0.05, 0.1) is 10.0 Å². The molecule has 1 saturated heterocycles. The first-order valence-corrected chi connectivity index (χ1v) is 7.31. The Balaban J connectivity index is 1.91. The van der Waals surface area contributed by atoms with Gasteiger partial charge in [0.1, 0.15) is 0 Å². The van der Waals surface area contributed by atoms with Gasteiger partial charge in [-0.2, -0.15) is 12.6 Å². The van der Waals surface area contributed by atoms with Crippen molar-refractivity contribution in [3.63, 3.8) is 0 Å². The molecule has 0 saturated carbocycles. The summed E-state index contributed by atoms with van der Waals surface area (Å²) in [6.07, 6.45) is 1.44. The molecule has 2 nitrogen and oxygen atoms in total. The van der Waals surface area contributed by atoms with Crippen molar-refractivity contribution in [3.05, 3.63) is 33.8 Å². The predicted octanol–water partition coefficient (Wildman–Crippen LogP) is 3.31. The minimum absolute atomic E-state index is 0.231. The lowest BCUT2D eigenvalue weighted by Crippen LogP contribution is -2.27. The van der Waals surface area contributed by atoms with Crippen molar-refractivity contribution < 1.29 is 4.79 Å². The second-order valence-electron chi connectivity index (χ2n) is 4.59. The molecule has 0 spiro atoms. The fourth-order valence-electron chi connectivity index (χ4n) is 2.15. The van der Waals surface area contributed by atoms with Crippen LogP contribution in [0.25, 0.3) is 0 Å². The molecule has 0 radical (unpaired) electrons. The van der Waals surface area contributed by atoms with E-state index in [0.29, 0.717) is 22.4 Å². The molecule has 98 valence electrons. The summed E-state index contributed by atoms with van der Waals surface area (Å²) in [4.78, 5) is 13.6. The van der Waals surface area contributed by atoms with Crippen LogP contribution < -0.4 is 0 Å². The standard InChI is InChI=1S/C13H15Cl2NOS/c14-11-2-1-9(5-12(11)15)3-4-16-7-10(8-18)6-13(16)17/h1-2,5,10,18H,3-4,6-8H2. The number of thiol groups is 1. The van der Waals surface area contributed by atoms with Crippen molar-refractivity contribution in [2.24, 2.45) is 5.92 Å². The highest BCUT2D eigenvalue weighted by Crippen LogP contribution is 2.24. The predicted molar refractivity (Wildman–Crippen MR) is 78.7 cm³/mol. The van der Waals surface area contributed by atoms with Crippen LogP contribution in [0.15, 0.2) is 18.2 Å². The summed E-state index contributed by atoms with van der Waals surface area (Å²) in [5.41, 5.74) is 1.10. The number of nitrogens with zero attached hydrogens (tertiary/aromatic N) is 1. The van der Waals surface area contributed by atoms with Crippen LogP contribution in [0.5, 0.6) is 0 Å². The topological polar surface area (TPSA) is 20.3 Å². The monoisotopic (exact) mass is 303 g/mol. The Labute approximate surface area is 123 Å². The van der Waals surface area contributed by atoms with Gasteiger partial charge in [0.2, 0.25) is 5.91 Å². The molecule has 1 fully saturated rings. The molecule has 0 bridgehead atoms. The summed E-state index contributed by atoms with van der Waals surface area (Å²) in [5, 5.41) is 1.13. The molecule has 5 heteroatoms. The maximum absolute atomic E-state index is 11.7. The molecular weight excluding hydrogens is 289 g/mol. The molecule has 1 heterocycles. The average Bonchev–Trinajstić information content (AvgIpc) is 2.72. The average molecular weight is 304 g/mol. The lowest BCUT2D eigenvalue weighted by atomic mass is 10.1. The Morgan fingerprint density at radius 3 is 2.72 bits per heavy atom. The molecule has 1 aromatic carbocycles. The van der Waals surface area contributed by atoms with Gasteiger partial charge < -0.3 is 4.90 Å². The number of carbonyl (C=O) groups is 1. The molecule has 2 rings (SSSR count). The van der Waals surface area contributed by atoms with Crippen molar-refractivity contribution in [2.75, 3.05) is 18.8 Å². The fourth-order valence-corrected chi connectivity index (χ4v) is 2.72. The van der Waals surface area contributed by atoms with Crippen LogP contribution in [-0.2, 0) is 11.2 Å². The minimum Gasteiger partial charge on any atom is -0.342 e. The zero-order valence-corrected chi connectivity index (χ0v) is 12.3. The van der Waals surface area contributed by atoms with Gasteiger partial charge in [0.15, 0.2) is 0 Å². The van der Waals surface area contributed by atoms with E-state index in [1.807, 2.05) is 17.0 Å². The summed E-state index contributed by atoms with van der Waals surface area (Å²) in [6.45, 7) is 1.56. The first-order chi connectivity index (χ1) is 8.60. The second kappa shape index (κ2) is 6.18.